The van der Waals surface area contributed by atoms with Gasteiger partial charge in [-0.2, -0.15) is 0 Å². The van der Waals surface area contributed by atoms with Gasteiger partial charge in [0.2, 0.25) is 5.91 Å². The van der Waals surface area contributed by atoms with Gasteiger partial charge in [-0.15, -0.1) is 0 Å². The zero-order valence-corrected chi connectivity index (χ0v) is 14.5. The lowest BCUT2D eigenvalue weighted by Gasteiger charge is -2.18. The number of likely N-dealkylation sites (N-methyl/N-ethyl adjacent to an activating group) is 1. The number of H-pyrrole nitrogens is 1. The lowest BCUT2D eigenvalue weighted by molar-refractivity contribution is -0.130. The Morgan fingerprint density at radius 3 is 2.64 bits per heavy atom. The third-order valence-corrected chi connectivity index (χ3v) is 4.18. The highest BCUT2D eigenvalue weighted by Gasteiger charge is 2.11. The highest BCUT2D eigenvalue weighted by atomic mass is 16.2. The highest BCUT2D eigenvalue weighted by Crippen LogP contribution is 2.12. The molecule has 2 aromatic carbocycles. The van der Waals surface area contributed by atoms with Gasteiger partial charge < -0.3 is 9.88 Å². The van der Waals surface area contributed by atoms with Crippen LogP contribution in [0.15, 0.2) is 60.7 Å². The molecule has 1 heterocycles. The molecule has 3 aromatic rings. The monoisotopic (exact) mass is 333 g/mol. The summed E-state index contributed by atoms with van der Waals surface area (Å²) in [5.41, 5.74) is 3.11. The summed E-state index contributed by atoms with van der Waals surface area (Å²) >= 11 is 0. The number of hydrogen-bond donors (Lipinski definition) is 1. The van der Waals surface area contributed by atoms with Crippen LogP contribution in [0.3, 0.4) is 0 Å². The lowest BCUT2D eigenvalue weighted by Crippen LogP contribution is -2.31. The Kier molecular flexibility index (Phi) is 5.62. The van der Waals surface area contributed by atoms with Crippen molar-refractivity contribution in [2.75, 3.05) is 13.1 Å². The average Bonchev–Trinajstić information content (AvgIpc) is 3.07. The second-order valence-corrected chi connectivity index (χ2v) is 5.95. The van der Waals surface area contributed by atoms with Crippen LogP contribution in [-0.4, -0.2) is 33.9 Å². The number of para-hydroxylation sites is 2. The van der Waals surface area contributed by atoms with Gasteiger partial charge in [0.25, 0.3) is 0 Å². The van der Waals surface area contributed by atoms with Gasteiger partial charge in [0.05, 0.1) is 11.0 Å². The minimum absolute atomic E-state index is 0.153. The molecule has 0 atom stereocenters. The summed E-state index contributed by atoms with van der Waals surface area (Å²) in [5, 5.41) is 0. The summed E-state index contributed by atoms with van der Waals surface area (Å²) in [5.74, 6) is 1.02. The van der Waals surface area contributed by atoms with E-state index >= 15 is 0 Å². The summed E-state index contributed by atoms with van der Waals surface area (Å²) in [4.78, 5) is 22.1. The van der Waals surface area contributed by atoms with Crippen LogP contribution in [-0.2, 0) is 11.2 Å². The Morgan fingerprint density at radius 2 is 1.88 bits per heavy atom. The van der Waals surface area contributed by atoms with E-state index in [1.54, 1.807) is 0 Å². The van der Waals surface area contributed by atoms with Gasteiger partial charge in [-0.25, -0.2) is 4.98 Å². The molecule has 0 fully saturated rings. The Labute approximate surface area is 148 Å². The molecule has 3 rings (SSSR count). The normalized spacial score (nSPS) is 11.2. The van der Waals surface area contributed by atoms with Crippen LogP contribution in [0.25, 0.3) is 17.1 Å². The standard InChI is InChI=1S/C21H23N3O/c1-2-24(16-8-11-17-9-4-3-5-10-17)21(25)15-14-20-22-18-12-6-7-13-19(18)23-20/h3-13H,2,14-16H2,1H3,(H,22,23)/b11-8+. The fourth-order valence-corrected chi connectivity index (χ4v) is 2.79. The Bertz CT molecular complexity index is 819. The molecule has 0 saturated carbocycles. The molecule has 0 aliphatic rings. The summed E-state index contributed by atoms with van der Waals surface area (Å²) < 4.78 is 0. The number of fused-ring (bicyclic) bond motifs is 1. The van der Waals surface area contributed by atoms with Crippen molar-refractivity contribution in [3.63, 3.8) is 0 Å². The molecule has 0 aliphatic carbocycles. The molecule has 0 radical (unpaired) electrons. The minimum atomic E-state index is 0.153. The number of carbonyl (C=O) groups is 1. The first-order valence-electron chi connectivity index (χ1n) is 8.69. The van der Waals surface area contributed by atoms with E-state index in [0.29, 0.717) is 25.9 Å². The number of aromatic amines is 1. The van der Waals surface area contributed by atoms with Crippen LogP contribution in [0.4, 0.5) is 0 Å². The summed E-state index contributed by atoms with van der Waals surface area (Å²) in [6.45, 7) is 3.35. The van der Waals surface area contributed by atoms with Crippen LogP contribution in [0, 0.1) is 0 Å². The zero-order chi connectivity index (χ0) is 17.5. The smallest absolute Gasteiger partial charge is 0.223 e. The molecule has 128 valence electrons. The summed E-state index contributed by atoms with van der Waals surface area (Å²) in [6.07, 6.45) is 5.19. The van der Waals surface area contributed by atoms with Crippen molar-refractivity contribution in [3.05, 3.63) is 72.1 Å². The Balaban J connectivity index is 1.54. The fraction of sp³-hybridized carbons (Fsp3) is 0.238. The predicted molar refractivity (Wildman–Crippen MR) is 102 cm³/mol. The third-order valence-electron chi connectivity index (χ3n) is 4.18. The molecular weight excluding hydrogens is 310 g/mol. The molecule has 0 saturated heterocycles. The molecule has 4 nitrogen and oxygen atoms in total. The fourth-order valence-electron chi connectivity index (χ4n) is 2.79. The van der Waals surface area contributed by atoms with E-state index in [0.717, 1.165) is 22.4 Å². The van der Waals surface area contributed by atoms with Crippen LogP contribution < -0.4 is 0 Å². The van der Waals surface area contributed by atoms with E-state index < -0.39 is 0 Å². The summed E-state index contributed by atoms with van der Waals surface area (Å²) in [7, 11) is 0. The first kappa shape index (κ1) is 17.0. The van der Waals surface area contributed by atoms with Crippen molar-refractivity contribution in [2.24, 2.45) is 0 Å². The lowest BCUT2D eigenvalue weighted by atomic mass is 10.2. The topological polar surface area (TPSA) is 49.0 Å². The van der Waals surface area contributed by atoms with E-state index in [4.69, 9.17) is 0 Å². The van der Waals surface area contributed by atoms with E-state index in [1.165, 1.54) is 0 Å². The SMILES string of the molecule is CCN(C/C=C/c1ccccc1)C(=O)CCc1nc2ccccc2[nH]1. The number of nitrogens with one attached hydrogen (secondary N) is 1. The van der Waals surface area contributed by atoms with Crippen molar-refractivity contribution in [1.82, 2.24) is 14.9 Å². The van der Waals surface area contributed by atoms with Gasteiger partial charge in [-0.3, -0.25) is 4.79 Å². The predicted octanol–water partition coefficient (Wildman–Crippen LogP) is 4.06. The van der Waals surface area contributed by atoms with Crippen molar-refractivity contribution in [3.8, 4) is 0 Å². The number of hydrogen-bond acceptors (Lipinski definition) is 2. The molecule has 0 aliphatic heterocycles. The largest absolute Gasteiger partial charge is 0.342 e. The average molecular weight is 333 g/mol. The third kappa shape index (κ3) is 4.57. The number of benzene rings is 2. The van der Waals surface area contributed by atoms with Crippen LogP contribution >= 0.6 is 0 Å². The maximum atomic E-state index is 12.5. The zero-order valence-electron chi connectivity index (χ0n) is 14.5. The second kappa shape index (κ2) is 8.29. The number of imidazole rings is 1. The quantitative estimate of drug-likeness (QED) is 0.709. The maximum absolute atomic E-state index is 12.5. The van der Waals surface area contributed by atoms with Crippen LogP contribution in [0.1, 0.15) is 24.7 Å². The van der Waals surface area contributed by atoms with E-state index in [-0.39, 0.29) is 5.91 Å². The molecule has 1 amide bonds. The van der Waals surface area contributed by atoms with E-state index in [9.17, 15) is 4.79 Å². The molecule has 1 aromatic heterocycles. The first-order chi connectivity index (χ1) is 12.3. The van der Waals surface area contributed by atoms with Crippen molar-refractivity contribution < 1.29 is 4.79 Å². The number of amides is 1. The molecule has 1 N–H and O–H groups in total. The number of rotatable bonds is 7. The Hall–Kier alpha value is -2.88. The van der Waals surface area contributed by atoms with Crippen molar-refractivity contribution in [1.29, 1.82) is 0 Å². The number of nitrogens with zero attached hydrogens (tertiary/aromatic N) is 2. The molecule has 25 heavy (non-hydrogen) atoms. The molecule has 4 heteroatoms. The number of aromatic nitrogens is 2. The van der Waals surface area contributed by atoms with Gasteiger partial charge in [0.15, 0.2) is 0 Å². The van der Waals surface area contributed by atoms with Gasteiger partial charge in [0.1, 0.15) is 5.82 Å². The minimum Gasteiger partial charge on any atom is -0.342 e. The highest BCUT2D eigenvalue weighted by molar-refractivity contribution is 5.77. The Morgan fingerprint density at radius 1 is 1.12 bits per heavy atom. The maximum Gasteiger partial charge on any atom is 0.223 e. The van der Waals surface area contributed by atoms with E-state index in [2.05, 4.69) is 28.2 Å². The molecule has 0 bridgehead atoms. The van der Waals surface area contributed by atoms with Crippen molar-refractivity contribution >= 4 is 23.0 Å². The number of carbonyl (C=O) groups excluding carboxylic acids is 1. The van der Waals surface area contributed by atoms with Crippen LogP contribution in [0.5, 0.6) is 0 Å². The summed E-state index contributed by atoms with van der Waals surface area (Å²) in [6, 6.07) is 18.0. The molecule has 0 unspecified atom stereocenters. The van der Waals surface area contributed by atoms with Gasteiger partial charge >= 0.3 is 0 Å². The molecule has 0 spiro atoms. The molecular formula is C21H23N3O. The second-order valence-electron chi connectivity index (χ2n) is 5.95. The van der Waals surface area contributed by atoms with Gasteiger partial charge in [0, 0.05) is 25.9 Å². The van der Waals surface area contributed by atoms with Crippen LogP contribution in [0.2, 0.25) is 0 Å². The van der Waals surface area contributed by atoms with Gasteiger partial charge in [-0.05, 0) is 24.6 Å². The van der Waals surface area contributed by atoms with E-state index in [1.807, 2.05) is 60.4 Å². The number of aryl methyl sites for hydroxylation is 1. The van der Waals surface area contributed by atoms with Gasteiger partial charge in [-0.1, -0.05) is 54.6 Å². The van der Waals surface area contributed by atoms with Crippen molar-refractivity contribution in [2.45, 2.75) is 19.8 Å². The first-order valence-corrected chi connectivity index (χ1v) is 8.69.